The van der Waals surface area contributed by atoms with E-state index in [1.165, 1.54) is 0 Å². The summed E-state index contributed by atoms with van der Waals surface area (Å²) < 4.78 is 39.7. The van der Waals surface area contributed by atoms with Crippen LogP contribution < -0.4 is 10.6 Å². The average molecular weight is 369 g/mol. The van der Waals surface area contributed by atoms with E-state index in [4.69, 9.17) is 0 Å². The van der Waals surface area contributed by atoms with Crippen molar-refractivity contribution in [1.82, 2.24) is 10.2 Å². The van der Waals surface area contributed by atoms with Crippen LogP contribution in [-0.2, 0) is 9.59 Å². The molecule has 4 amide bonds. The van der Waals surface area contributed by atoms with Gasteiger partial charge in [0.15, 0.2) is 17.5 Å². The number of carbonyl (C=O) groups is 3. The van der Waals surface area contributed by atoms with Crippen LogP contribution >= 0.6 is 0 Å². The zero-order valence-electron chi connectivity index (χ0n) is 13.9. The molecule has 1 atom stereocenters. The molecule has 2 fully saturated rings. The van der Waals surface area contributed by atoms with Crippen LogP contribution in [-0.4, -0.2) is 35.3 Å². The second-order valence-electron chi connectivity index (χ2n) is 6.52. The number of anilines is 1. The summed E-state index contributed by atoms with van der Waals surface area (Å²) in [6.07, 6.45) is 4.73. The van der Waals surface area contributed by atoms with E-state index >= 15 is 0 Å². The number of nitrogens with zero attached hydrogens (tertiary/aromatic N) is 1. The fourth-order valence-electron chi connectivity index (χ4n) is 3.43. The second-order valence-corrected chi connectivity index (χ2v) is 6.52. The van der Waals surface area contributed by atoms with Gasteiger partial charge in [-0.1, -0.05) is 19.3 Å². The second kappa shape index (κ2) is 7.35. The van der Waals surface area contributed by atoms with E-state index in [2.05, 4.69) is 5.32 Å². The van der Waals surface area contributed by atoms with Gasteiger partial charge in [0.2, 0.25) is 5.91 Å². The van der Waals surface area contributed by atoms with E-state index in [-0.39, 0.29) is 5.92 Å². The monoisotopic (exact) mass is 369 g/mol. The highest BCUT2D eigenvalue weighted by molar-refractivity contribution is 6.08. The molecule has 1 saturated heterocycles. The van der Waals surface area contributed by atoms with Gasteiger partial charge in [0.05, 0.1) is 5.69 Å². The molecular formula is C17H18F3N3O3. The Morgan fingerprint density at radius 2 is 1.81 bits per heavy atom. The van der Waals surface area contributed by atoms with Crippen molar-refractivity contribution in [3.63, 3.8) is 0 Å². The third-order valence-electron chi connectivity index (χ3n) is 4.79. The van der Waals surface area contributed by atoms with Gasteiger partial charge in [0.25, 0.3) is 5.91 Å². The van der Waals surface area contributed by atoms with Gasteiger partial charge >= 0.3 is 6.03 Å². The first-order chi connectivity index (χ1) is 12.4. The lowest BCUT2D eigenvalue weighted by Crippen LogP contribution is -2.40. The van der Waals surface area contributed by atoms with Crippen molar-refractivity contribution in [2.75, 3.05) is 11.9 Å². The molecule has 1 saturated carbocycles. The third-order valence-corrected chi connectivity index (χ3v) is 4.79. The number of hydrogen-bond donors (Lipinski definition) is 2. The molecule has 1 heterocycles. The standard InChI is InChI=1S/C17H18F3N3O3/c18-10-6-7-11(14(20)13(10)19)21-12(24)8-23-16(25)15(22-17(23)26)9-4-2-1-3-5-9/h6-7,9,15H,1-5,8H2,(H,21,24)(H,22,26). The largest absolute Gasteiger partial charge is 0.326 e. The van der Waals surface area contributed by atoms with Crippen molar-refractivity contribution in [2.45, 2.75) is 38.1 Å². The van der Waals surface area contributed by atoms with E-state index in [1.807, 2.05) is 5.32 Å². The van der Waals surface area contributed by atoms with Crippen molar-refractivity contribution in [3.05, 3.63) is 29.6 Å². The van der Waals surface area contributed by atoms with Gasteiger partial charge in [-0.3, -0.25) is 14.5 Å². The Labute approximate surface area is 147 Å². The predicted molar refractivity (Wildman–Crippen MR) is 85.6 cm³/mol. The summed E-state index contributed by atoms with van der Waals surface area (Å²) in [5, 5.41) is 4.64. The molecule has 2 N–H and O–H groups in total. The van der Waals surface area contributed by atoms with Crippen LogP contribution in [0.5, 0.6) is 0 Å². The molecule has 140 valence electrons. The Bertz CT molecular complexity index is 750. The highest BCUT2D eigenvalue weighted by Crippen LogP contribution is 2.29. The molecule has 6 nitrogen and oxygen atoms in total. The minimum Gasteiger partial charge on any atom is -0.326 e. The number of imide groups is 1. The quantitative estimate of drug-likeness (QED) is 0.632. The SMILES string of the molecule is O=C(CN1C(=O)NC(C2CCCCC2)C1=O)Nc1ccc(F)c(F)c1F. The molecule has 26 heavy (non-hydrogen) atoms. The minimum absolute atomic E-state index is 0.0388. The van der Waals surface area contributed by atoms with Gasteiger partial charge in [-0.05, 0) is 30.9 Å². The van der Waals surface area contributed by atoms with Crippen molar-refractivity contribution in [1.29, 1.82) is 0 Å². The lowest BCUT2D eigenvalue weighted by atomic mass is 9.84. The smallest absolute Gasteiger partial charge is 0.325 e. The Morgan fingerprint density at radius 1 is 1.12 bits per heavy atom. The van der Waals surface area contributed by atoms with Crippen molar-refractivity contribution in [3.8, 4) is 0 Å². The average Bonchev–Trinajstić information content (AvgIpc) is 2.91. The summed E-state index contributed by atoms with van der Waals surface area (Å²) in [6, 6.07) is 0.186. The molecule has 1 aromatic carbocycles. The van der Waals surface area contributed by atoms with Crippen LogP contribution in [0.15, 0.2) is 12.1 Å². The summed E-state index contributed by atoms with van der Waals surface area (Å²) >= 11 is 0. The molecule has 0 bridgehead atoms. The van der Waals surface area contributed by atoms with Crippen LogP contribution in [0, 0.1) is 23.4 Å². The first kappa shape index (κ1) is 18.2. The van der Waals surface area contributed by atoms with Crippen LogP contribution in [0.4, 0.5) is 23.7 Å². The fourth-order valence-corrected chi connectivity index (χ4v) is 3.43. The first-order valence-corrected chi connectivity index (χ1v) is 8.43. The number of urea groups is 1. The molecular weight excluding hydrogens is 351 g/mol. The topological polar surface area (TPSA) is 78.5 Å². The normalized spacial score (nSPS) is 21.0. The van der Waals surface area contributed by atoms with E-state index in [0.29, 0.717) is 6.07 Å². The molecule has 9 heteroatoms. The Morgan fingerprint density at radius 3 is 2.50 bits per heavy atom. The molecule has 1 aliphatic carbocycles. The minimum atomic E-state index is -1.71. The van der Waals surface area contributed by atoms with E-state index in [9.17, 15) is 27.6 Å². The number of amides is 4. The molecule has 0 aromatic heterocycles. The lowest BCUT2D eigenvalue weighted by molar-refractivity contribution is -0.131. The predicted octanol–water partition coefficient (Wildman–Crippen LogP) is 2.54. The Hall–Kier alpha value is -2.58. The van der Waals surface area contributed by atoms with Gasteiger partial charge in [0.1, 0.15) is 12.6 Å². The van der Waals surface area contributed by atoms with E-state index < -0.39 is 53.6 Å². The molecule has 0 spiro atoms. The number of nitrogens with one attached hydrogen (secondary N) is 2. The van der Waals surface area contributed by atoms with Crippen LogP contribution in [0.3, 0.4) is 0 Å². The number of benzene rings is 1. The zero-order chi connectivity index (χ0) is 18.8. The molecule has 1 aromatic rings. The summed E-state index contributed by atoms with van der Waals surface area (Å²) in [6.45, 7) is -0.633. The maximum absolute atomic E-state index is 13.6. The maximum atomic E-state index is 13.6. The number of rotatable bonds is 4. The van der Waals surface area contributed by atoms with Gasteiger partial charge in [-0.15, -0.1) is 0 Å². The van der Waals surface area contributed by atoms with E-state index in [0.717, 1.165) is 43.1 Å². The van der Waals surface area contributed by atoms with E-state index in [1.54, 1.807) is 0 Å². The van der Waals surface area contributed by atoms with Crippen LogP contribution in [0.1, 0.15) is 32.1 Å². The van der Waals surface area contributed by atoms with Gasteiger partial charge in [-0.2, -0.15) is 0 Å². The van der Waals surface area contributed by atoms with Crippen LogP contribution in [0.2, 0.25) is 0 Å². The van der Waals surface area contributed by atoms with Gasteiger partial charge < -0.3 is 10.6 Å². The summed E-state index contributed by atoms with van der Waals surface area (Å²) in [5.41, 5.74) is -0.565. The van der Waals surface area contributed by atoms with Gasteiger partial charge in [-0.25, -0.2) is 18.0 Å². The van der Waals surface area contributed by atoms with Crippen molar-refractivity contribution < 1.29 is 27.6 Å². The fraction of sp³-hybridized carbons (Fsp3) is 0.471. The molecule has 0 radical (unpaired) electrons. The molecule has 2 aliphatic rings. The maximum Gasteiger partial charge on any atom is 0.325 e. The first-order valence-electron chi connectivity index (χ1n) is 8.43. The number of hydrogen-bond acceptors (Lipinski definition) is 3. The lowest BCUT2D eigenvalue weighted by Gasteiger charge is -2.25. The Balaban J connectivity index is 1.64. The number of halogens is 3. The highest BCUT2D eigenvalue weighted by Gasteiger charge is 2.43. The number of carbonyl (C=O) groups excluding carboxylic acids is 3. The van der Waals surface area contributed by atoms with Crippen molar-refractivity contribution in [2.24, 2.45) is 5.92 Å². The van der Waals surface area contributed by atoms with Crippen LogP contribution in [0.25, 0.3) is 0 Å². The van der Waals surface area contributed by atoms with Crippen molar-refractivity contribution >= 4 is 23.5 Å². The Kier molecular flexibility index (Phi) is 5.15. The summed E-state index contributed by atoms with van der Waals surface area (Å²) in [5.74, 6) is -5.99. The summed E-state index contributed by atoms with van der Waals surface area (Å²) in [7, 11) is 0. The molecule has 1 unspecified atom stereocenters. The molecule has 3 rings (SSSR count). The van der Waals surface area contributed by atoms with Gasteiger partial charge in [0, 0.05) is 0 Å². The highest BCUT2D eigenvalue weighted by atomic mass is 19.2. The third kappa shape index (κ3) is 3.51. The zero-order valence-corrected chi connectivity index (χ0v) is 13.9. The summed E-state index contributed by atoms with van der Waals surface area (Å²) in [4.78, 5) is 37.2. The molecule has 1 aliphatic heterocycles.